The van der Waals surface area contributed by atoms with Gasteiger partial charge in [-0.15, -0.1) is 38.4 Å². The van der Waals surface area contributed by atoms with Gasteiger partial charge in [0.1, 0.15) is 0 Å². The molecule has 64 heavy (non-hydrogen) atoms. The molecule has 0 spiro atoms. The molecule has 10 nitrogen and oxygen atoms in total. The van der Waals surface area contributed by atoms with Crippen LogP contribution >= 0.6 is 29.2 Å². The predicted molar refractivity (Wildman–Crippen MR) is 279 cm³/mol. The Morgan fingerprint density at radius 2 is 0.375 bits per heavy atom. The molecule has 380 valence electrons. The molecule has 0 rings (SSSR count). The first-order valence-electron chi connectivity index (χ1n) is 22.8. The van der Waals surface area contributed by atoms with Gasteiger partial charge >= 0.3 is 65.4 Å². The van der Waals surface area contributed by atoms with E-state index >= 15 is 0 Å². The fraction of sp³-hybridized carbons (Fsp3) is 1.00. The first-order valence-corrected chi connectivity index (χ1v) is 29.4. The molecule has 0 bridgehead atoms. The van der Waals surface area contributed by atoms with E-state index in [-0.39, 0.29) is 117 Å². The van der Waals surface area contributed by atoms with E-state index in [0.717, 1.165) is 0 Å². The molecule has 0 aromatic rings. The zero-order chi connectivity index (χ0) is 51.8. The van der Waals surface area contributed by atoms with E-state index in [0.29, 0.717) is 26.2 Å². The Kier molecular flexibility index (Phi) is 33.4. The molecular formula is C48H106N4O6P4Y2. The summed E-state index contributed by atoms with van der Waals surface area (Å²) in [5.74, 6) is 0. The van der Waals surface area contributed by atoms with Crippen molar-refractivity contribution in [2.45, 2.75) is 275 Å². The number of hydrogen-bond donors (Lipinski definition) is 0. The molecule has 0 atom stereocenters. The molecule has 0 heterocycles. The Balaban J connectivity index is -0.000000218. The summed E-state index contributed by atoms with van der Waals surface area (Å²) in [5.41, 5.74) is -0.587. The van der Waals surface area contributed by atoms with E-state index in [2.05, 4.69) is 27.7 Å². The molecule has 0 aliphatic carbocycles. The summed E-state index contributed by atoms with van der Waals surface area (Å²) in [6, 6.07) is 0. The molecule has 16 heteroatoms. The van der Waals surface area contributed by atoms with Crippen molar-refractivity contribution in [1.82, 2.24) is 0 Å². The first kappa shape index (κ1) is 78.3. The molecule has 0 saturated heterocycles. The molecule has 0 aromatic heterocycles. The SMILES string of the molecule is CC(C)(C[N-]P(=O)(C(C)(C)C)C(C)(C)C)C[N-]P(=O)(C(C)(C)C)C(C)(C)C.CC(C)(C[N-]P(=O)(C(C)(C)C)C(C)(C)C)C[N-]P(=O)(C(C)(C)C)C(C)(C)C.CC(C)[O-].CC(C)[O-].[Y+3].[Y+3]. The van der Waals surface area contributed by atoms with Gasteiger partial charge in [-0.3, -0.25) is 0 Å². The van der Waals surface area contributed by atoms with Crippen LogP contribution in [0.5, 0.6) is 0 Å². The summed E-state index contributed by atoms with van der Waals surface area (Å²) >= 11 is 0. The van der Waals surface area contributed by atoms with E-state index in [1.807, 2.05) is 166 Å². The van der Waals surface area contributed by atoms with Crippen LogP contribution in [0, 0.1) is 10.8 Å². The standard InChI is InChI=1S/2C21H46N2O2P2.2C3H7O.2Y/c2*1-17(2,3)26(24,18(4,5)6)22-15-21(13,14)16-23-27(25,19(7,8)9)20(10,11)12;2*1-3(2)4;;/h2*15-16H2,1-14H3;2*3H,1-2H3;;/q2*-2;2*-1;2*+3. The zero-order valence-electron chi connectivity index (χ0n) is 48.2. The monoisotopic (exact) mass is 1140 g/mol. The topological polar surface area (TPSA) is 171 Å². The molecule has 0 saturated carbocycles. The number of hydrogen-bond acceptors (Lipinski definition) is 6. The smallest absolute Gasteiger partial charge is 0.852 e. The van der Waals surface area contributed by atoms with Gasteiger partial charge in [-0.25, -0.2) is 0 Å². The second-order valence-electron chi connectivity index (χ2n) is 27.3. The molecule has 0 aliphatic heterocycles. The van der Waals surface area contributed by atoms with E-state index in [1.54, 1.807) is 27.7 Å². The minimum Gasteiger partial charge on any atom is -0.852 e. The third-order valence-corrected chi connectivity index (χ3v) is 26.8. The summed E-state index contributed by atoms with van der Waals surface area (Å²) in [5, 5.41) is 35.2. The second kappa shape index (κ2) is 27.3. The fourth-order valence-electron chi connectivity index (χ4n) is 6.99. The van der Waals surface area contributed by atoms with Crippen molar-refractivity contribution in [3.05, 3.63) is 20.3 Å². The van der Waals surface area contributed by atoms with Crippen LogP contribution in [-0.4, -0.2) is 79.6 Å². The van der Waals surface area contributed by atoms with Crippen molar-refractivity contribution in [3.63, 3.8) is 0 Å². The summed E-state index contributed by atoms with van der Waals surface area (Å²) < 4.78 is 55.1. The van der Waals surface area contributed by atoms with Crippen molar-refractivity contribution in [2.24, 2.45) is 10.8 Å². The second-order valence-corrected chi connectivity index (χ2v) is 43.8. The normalized spacial score (nSPS) is 14.6. The summed E-state index contributed by atoms with van der Waals surface area (Å²) in [6.45, 7) is 64.7. The van der Waals surface area contributed by atoms with Gasteiger partial charge < -0.3 is 48.8 Å². The van der Waals surface area contributed by atoms with Crippen LogP contribution < -0.4 is 10.2 Å². The van der Waals surface area contributed by atoms with Gasteiger partial charge in [0.2, 0.25) is 0 Å². The molecule has 0 radical (unpaired) electrons. The Morgan fingerprint density at radius 1 is 0.297 bits per heavy atom. The van der Waals surface area contributed by atoms with Crippen molar-refractivity contribution in [3.8, 4) is 0 Å². The van der Waals surface area contributed by atoms with Crippen LogP contribution in [0.3, 0.4) is 0 Å². The molecule has 0 amide bonds. The number of rotatable bonds is 12. The Morgan fingerprint density at radius 3 is 0.438 bits per heavy atom. The van der Waals surface area contributed by atoms with Crippen molar-refractivity contribution in [2.75, 3.05) is 26.2 Å². The van der Waals surface area contributed by atoms with Crippen molar-refractivity contribution < 1.29 is 93.9 Å². The maximum atomic E-state index is 13.8. The van der Waals surface area contributed by atoms with E-state index in [4.69, 9.17) is 20.3 Å². The molecule has 0 aromatic carbocycles. The van der Waals surface area contributed by atoms with Crippen LogP contribution in [0.2, 0.25) is 0 Å². The van der Waals surface area contributed by atoms with Gasteiger partial charge in [0.05, 0.1) is 0 Å². The Bertz CT molecular complexity index is 1230. The maximum Gasteiger partial charge on any atom is 3.00 e. The van der Waals surface area contributed by atoms with Crippen molar-refractivity contribution >= 4 is 29.2 Å². The summed E-state index contributed by atoms with van der Waals surface area (Å²) in [6.07, 6.45) is -0.833. The average molecular weight is 1140 g/mol. The van der Waals surface area contributed by atoms with Crippen LogP contribution in [0.1, 0.15) is 222 Å². The quantitative estimate of drug-likeness (QED) is 0.176. The van der Waals surface area contributed by atoms with Crippen LogP contribution in [-0.2, 0) is 83.7 Å². The minimum absolute atomic E-state index is 0. The molecule has 0 aliphatic rings. The average Bonchev–Trinajstić information content (AvgIpc) is 2.95. The summed E-state index contributed by atoms with van der Waals surface area (Å²) in [7, 11) is -11.2. The largest absolute Gasteiger partial charge is 3.00 e. The van der Waals surface area contributed by atoms with Gasteiger partial charge in [0.25, 0.3) is 0 Å². The summed E-state index contributed by atoms with van der Waals surface area (Å²) in [4.78, 5) is 0. The fourth-order valence-corrected chi connectivity index (χ4v) is 20.8. The Labute approximate surface area is 451 Å². The minimum atomic E-state index is -2.80. The van der Waals surface area contributed by atoms with E-state index < -0.39 is 41.4 Å². The van der Waals surface area contributed by atoms with Gasteiger partial charge in [-0.2, -0.15) is 0 Å². The van der Waals surface area contributed by atoms with Gasteiger partial charge in [0, 0.05) is 29.2 Å². The third-order valence-electron chi connectivity index (χ3n) is 10.1. The molecule has 0 N–H and O–H groups in total. The van der Waals surface area contributed by atoms with Crippen LogP contribution in [0.25, 0.3) is 20.3 Å². The van der Waals surface area contributed by atoms with E-state index in [9.17, 15) is 28.5 Å². The molecule has 0 fully saturated rings. The van der Waals surface area contributed by atoms with E-state index in [1.165, 1.54) is 0 Å². The van der Waals surface area contributed by atoms with Crippen molar-refractivity contribution in [1.29, 1.82) is 0 Å². The molecule has 0 unspecified atom stereocenters. The number of nitrogens with zero attached hydrogens (tertiary/aromatic N) is 4. The predicted octanol–water partition coefficient (Wildman–Crippen LogP) is 16.5. The van der Waals surface area contributed by atoms with Gasteiger partial charge in [-0.05, 0) is 41.2 Å². The maximum absolute atomic E-state index is 13.8. The third kappa shape index (κ3) is 25.0. The van der Waals surface area contributed by atoms with Crippen LogP contribution in [0.4, 0.5) is 0 Å². The molecular weight excluding hydrogens is 1030 g/mol. The first-order chi connectivity index (χ1) is 26.3. The van der Waals surface area contributed by atoms with Crippen LogP contribution in [0.15, 0.2) is 0 Å². The van der Waals surface area contributed by atoms with Gasteiger partial charge in [-0.1, -0.05) is 232 Å². The van der Waals surface area contributed by atoms with Gasteiger partial charge in [0.15, 0.2) is 0 Å². The zero-order valence-corrected chi connectivity index (χ0v) is 57.4. The Hall–Kier alpha value is 2.89.